The fourth-order valence-electron chi connectivity index (χ4n) is 2.68. The van der Waals surface area contributed by atoms with Crippen LogP contribution in [0.25, 0.3) is 0 Å². The van der Waals surface area contributed by atoms with Gasteiger partial charge in [-0.3, -0.25) is 4.79 Å². The fourth-order valence-corrected chi connectivity index (χ4v) is 2.68. The molecular formula is C20H32O4. The highest BCUT2D eigenvalue weighted by atomic mass is 16.9. The second kappa shape index (κ2) is 11.2. The van der Waals surface area contributed by atoms with Crippen LogP contribution in [0.3, 0.4) is 0 Å². The number of methoxy groups -OCH3 is 2. The van der Waals surface area contributed by atoms with Gasteiger partial charge in [0.1, 0.15) is 5.75 Å². The standard InChI is InChI=1S/C20H32O4/c1-5-7-8-9-10-11-15-18(21)17-14-12-13-16-19(17)24-20(6-2,22-3)23-4/h12-14,16H,5-11,15H2,1-4H3. The Labute approximate surface area is 146 Å². The fraction of sp³-hybridized carbons (Fsp3) is 0.650. The van der Waals surface area contributed by atoms with E-state index in [1.165, 1.54) is 39.9 Å². The van der Waals surface area contributed by atoms with E-state index in [4.69, 9.17) is 14.2 Å². The number of hydrogen-bond acceptors (Lipinski definition) is 4. The highest BCUT2D eigenvalue weighted by molar-refractivity contribution is 5.98. The molecule has 0 N–H and O–H groups in total. The van der Waals surface area contributed by atoms with Crippen LogP contribution in [0.4, 0.5) is 0 Å². The number of hydrogen-bond donors (Lipinski definition) is 0. The summed E-state index contributed by atoms with van der Waals surface area (Å²) in [5.74, 6) is -0.534. The van der Waals surface area contributed by atoms with Crippen LogP contribution in [0.1, 0.15) is 75.6 Å². The molecule has 0 bridgehead atoms. The zero-order valence-electron chi connectivity index (χ0n) is 15.6. The lowest BCUT2D eigenvalue weighted by Gasteiger charge is -2.30. The molecule has 1 aromatic carbocycles. The molecule has 4 nitrogen and oxygen atoms in total. The Bertz CT molecular complexity index is 472. The molecule has 136 valence electrons. The Kier molecular flexibility index (Phi) is 9.65. The van der Waals surface area contributed by atoms with Gasteiger partial charge in [-0.1, -0.05) is 58.1 Å². The van der Waals surface area contributed by atoms with Gasteiger partial charge in [-0.15, -0.1) is 0 Å². The molecule has 0 atom stereocenters. The normalized spacial score (nSPS) is 11.5. The van der Waals surface area contributed by atoms with E-state index in [1.807, 2.05) is 19.1 Å². The van der Waals surface area contributed by atoms with Gasteiger partial charge in [-0.25, -0.2) is 0 Å². The minimum atomic E-state index is -1.16. The number of para-hydroxylation sites is 1. The SMILES string of the molecule is CCCCCCCCC(=O)c1ccccc1OC(CC)(OC)OC. The van der Waals surface area contributed by atoms with Gasteiger partial charge in [0.25, 0.3) is 0 Å². The summed E-state index contributed by atoms with van der Waals surface area (Å²) >= 11 is 0. The highest BCUT2D eigenvalue weighted by Crippen LogP contribution is 2.27. The van der Waals surface area contributed by atoms with Crippen molar-refractivity contribution in [3.63, 3.8) is 0 Å². The van der Waals surface area contributed by atoms with E-state index in [9.17, 15) is 4.79 Å². The second-order valence-corrected chi connectivity index (χ2v) is 5.98. The second-order valence-electron chi connectivity index (χ2n) is 5.98. The molecule has 4 heteroatoms. The Balaban J connectivity index is 2.66. The molecule has 0 radical (unpaired) electrons. The van der Waals surface area contributed by atoms with Crippen LogP contribution in [0.2, 0.25) is 0 Å². The topological polar surface area (TPSA) is 44.8 Å². The third kappa shape index (κ3) is 6.25. The third-order valence-electron chi connectivity index (χ3n) is 4.27. The maximum atomic E-state index is 12.5. The minimum Gasteiger partial charge on any atom is -0.438 e. The van der Waals surface area contributed by atoms with Crippen molar-refractivity contribution in [2.45, 2.75) is 71.2 Å². The number of ether oxygens (including phenoxy) is 3. The van der Waals surface area contributed by atoms with Gasteiger partial charge in [0.05, 0.1) is 5.56 Å². The number of benzene rings is 1. The molecule has 0 aliphatic heterocycles. The molecule has 0 aliphatic rings. The third-order valence-corrected chi connectivity index (χ3v) is 4.27. The molecular weight excluding hydrogens is 304 g/mol. The molecule has 0 fully saturated rings. The molecule has 0 spiro atoms. The Morgan fingerprint density at radius 1 is 0.958 bits per heavy atom. The van der Waals surface area contributed by atoms with Gasteiger partial charge >= 0.3 is 5.97 Å². The van der Waals surface area contributed by atoms with Crippen molar-refractivity contribution in [1.82, 2.24) is 0 Å². The lowest BCUT2D eigenvalue weighted by Crippen LogP contribution is -2.40. The minimum absolute atomic E-state index is 0.110. The number of Topliss-reactive ketones (excluding diaryl/α,β-unsaturated/α-hetero) is 1. The van der Waals surface area contributed by atoms with Gasteiger partial charge in [0.2, 0.25) is 0 Å². The predicted octanol–water partition coefficient (Wildman–Crippen LogP) is 5.36. The van der Waals surface area contributed by atoms with E-state index in [0.29, 0.717) is 24.2 Å². The summed E-state index contributed by atoms with van der Waals surface area (Å²) in [6.45, 7) is 4.12. The molecule has 0 amide bonds. The quantitative estimate of drug-likeness (QED) is 0.276. The summed E-state index contributed by atoms with van der Waals surface area (Å²) in [5, 5.41) is 0. The van der Waals surface area contributed by atoms with Crippen molar-refractivity contribution in [2.24, 2.45) is 0 Å². The average Bonchev–Trinajstić information content (AvgIpc) is 2.63. The molecule has 0 heterocycles. The lowest BCUT2D eigenvalue weighted by molar-refractivity contribution is -0.322. The molecule has 0 aromatic heterocycles. The molecule has 0 aliphatic carbocycles. The Morgan fingerprint density at radius 2 is 1.58 bits per heavy atom. The molecule has 0 saturated carbocycles. The van der Waals surface area contributed by atoms with Crippen LogP contribution < -0.4 is 4.74 Å². The van der Waals surface area contributed by atoms with Crippen molar-refractivity contribution in [2.75, 3.05) is 14.2 Å². The Hall–Kier alpha value is -1.39. The Morgan fingerprint density at radius 3 is 2.21 bits per heavy atom. The monoisotopic (exact) mass is 336 g/mol. The zero-order chi connectivity index (χ0) is 17.8. The van der Waals surface area contributed by atoms with Gasteiger partial charge in [0, 0.05) is 27.1 Å². The maximum absolute atomic E-state index is 12.5. The van der Waals surface area contributed by atoms with Crippen LogP contribution in [0.5, 0.6) is 5.75 Å². The maximum Gasteiger partial charge on any atom is 0.326 e. The average molecular weight is 336 g/mol. The van der Waals surface area contributed by atoms with E-state index in [-0.39, 0.29) is 5.78 Å². The first-order valence-corrected chi connectivity index (χ1v) is 9.04. The van der Waals surface area contributed by atoms with E-state index in [2.05, 4.69) is 6.92 Å². The predicted molar refractivity (Wildman–Crippen MR) is 96.4 cm³/mol. The summed E-state index contributed by atoms with van der Waals surface area (Å²) in [7, 11) is 3.07. The zero-order valence-corrected chi connectivity index (χ0v) is 15.6. The van der Waals surface area contributed by atoms with Crippen molar-refractivity contribution in [3.8, 4) is 5.75 Å². The van der Waals surface area contributed by atoms with Gasteiger partial charge < -0.3 is 14.2 Å². The molecule has 0 unspecified atom stereocenters. The van der Waals surface area contributed by atoms with Crippen molar-refractivity contribution < 1.29 is 19.0 Å². The smallest absolute Gasteiger partial charge is 0.326 e. The summed E-state index contributed by atoms with van der Waals surface area (Å²) in [5.41, 5.74) is 0.595. The van der Waals surface area contributed by atoms with Crippen LogP contribution in [-0.2, 0) is 9.47 Å². The first kappa shape index (κ1) is 20.7. The van der Waals surface area contributed by atoms with Gasteiger partial charge in [-0.2, -0.15) is 0 Å². The number of rotatable bonds is 13. The van der Waals surface area contributed by atoms with Crippen LogP contribution in [0.15, 0.2) is 24.3 Å². The van der Waals surface area contributed by atoms with Gasteiger partial charge in [-0.05, 0) is 18.6 Å². The summed E-state index contributed by atoms with van der Waals surface area (Å²) in [4.78, 5) is 12.5. The van der Waals surface area contributed by atoms with Crippen LogP contribution in [0, 0.1) is 0 Å². The summed E-state index contributed by atoms with van der Waals surface area (Å²) in [6.07, 6.45) is 8.05. The van der Waals surface area contributed by atoms with E-state index in [0.717, 1.165) is 12.8 Å². The van der Waals surface area contributed by atoms with Crippen LogP contribution >= 0.6 is 0 Å². The summed E-state index contributed by atoms with van der Waals surface area (Å²) in [6, 6.07) is 7.30. The van der Waals surface area contributed by atoms with E-state index >= 15 is 0 Å². The highest BCUT2D eigenvalue weighted by Gasteiger charge is 2.31. The largest absolute Gasteiger partial charge is 0.438 e. The van der Waals surface area contributed by atoms with Crippen molar-refractivity contribution in [1.29, 1.82) is 0 Å². The van der Waals surface area contributed by atoms with Crippen LogP contribution in [-0.4, -0.2) is 26.0 Å². The van der Waals surface area contributed by atoms with Gasteiger partial charge in [0.15, 0.2) is 5.78 Å². The lowest BCUT2D eigenvalue weighted by atomic mass is 10.0. The number of ketones is 1. The van der Waals surface area contributed by atoms with Crippen molar-refractivity contribution in [3.05, 3.63) is 29.8 Å². The first-order valence-electron chi connectivity index (χ1n) is 9.04. The number of carbonyl (C=O) groups excluding carboxylic acids is 1. The molecule has 24 heavy (non-hydrogen) atoms. The molecule has 0 saturated heterocycles. The molecule has 1 aromatic rings. The molecule has 1 rings (SSSR count). The number of carbonyl (C=O) groups is 1. The number of unbranched alkanes of at least 4 members (excludes halogenated alkanes) is 5. The van der Waals surface area contributed by atoms with E-state index in [1.54, 1.807) is 12.1 Å². The first-order chi connectivity index (χ1) is 11.6. The summed E-state index contributed by atoms with van der Waals surface area (Å²) < 4.78 is 16.6. The van der Waals surface area contributed by atoms with E-state index < -0.39 is 5.97 Å². The van der Waals surface area contributed by atoms with Crippen molar-refractivity contribution >= 4 is 5.78 Å².